The van der Waals surface area contributed by atoms with Crippen molar-refractivity contribution in [2.24, 2.45) is 4.99 Å². The Morgan fingerprint density at radius 1 is 1.32 bits per heavy atom. The molecule has 0 saturated heterocycles. The number of likely N-dealkylation sites (N-methyl/N-ethyl adjacent to an activating group) is 1. The molecule has 0 fully saturated rings. The van der Waals surface area contributed by atoms with Gasteiger partial charge in [-0.2, -0.15) is 0 Å². The second kappa shape index (κ2) is 10.3. The zero-order chi connectivity index (χ0) is 16.4. The molecule has 124 valence electrons. The fourth-order valence-corrected chi connectivity index (χ4v) is 1.90. The second-order valence-corrected chi connectivity index (χ2v) is 5.59. The Kier molecular flexibility index (Phi) is 8.70. The first-order valence-electron chi connectivity index (χ1n) is 7.60. The van der Waals surface area contributed by atoms with Gasteiger partial charge in [-0.15, -0.1) is 0 Å². The maximum atomic E-state index is 5.86. The fraction of sp³-hybridized carbons (Fsp3) is 0.562. The lowest BCUT2D eigenvalue weighted by molar-refractivity contribution is 0.224. The number of nitrogens with one attached hydrogen (secondary N) is 2. The van der Waals surface area contributed by atoms with E-state index < -0.39 is 0 Å². The van der Waals surface area contributed by atoms with E-state index in [2.05, 4.69) is 34.5 Å². The Balaban J connectivity index is 2.28. The van der Waals surface area contributed by atoms with Gasteiger partial charge in [-0.05, 0) is 44.8 Å². The Hall–Kier alpha value is -1.46. The third-order valence-electron chi connectivity index (χ3n) is 3.26. The summed E-state index contributed by atoms with van der Waals surface area (Å²) in [5.41, 5.74) is 0. The van der Waals surface area contributed by atoms with E-state index in [0.717, 1.165) is 31.3 Å². The molecule has 0 bridgehead atoms. The standard InChI is InChI=1S/C16H27ClN4O/c1-5-21(4)11-10-19-16(18-3)20-12-13(2)22-15-8-6-14(17)7-9-15/h6-9,13H,5,10-12H2,1-4H3,(H2,18,19,20). The highest BCUT2D eigenvalue weighted by atomic mass is 35.5. The average molecular weight is 327 g/mol. The lowest BCUT2D eigenvalue weighted by atomic mass is 10.3. The number of guanidine groups is 1. The van der Waals surface area contributed by atoms with E-state index in [-0.39, 0.29) is 6.10 Å². The number of hydrogen-bond donors (Lipinski definition) is 2. The van der Waals surface area contributed by atoms with Crippen molar-refractivity contribution in [2.45, 2.75) is 20.0 Å². The summed E-state index contributed by atoms with van der Waals surface area (Å²) in [5.74, 6) is 1.60. The van der Waals surface area contributed by atoms with E-state index in [1.54, 1.807) is 7.05 Å². The summed E-state index contributed by atoms with van der Waals surface area (Å²) in [7, 11) is 3.86. The van der Waals surface area contributed by atoms with Crippen molar-refractivity contribution in [2.75, 3.05) is 40.3 Å². The minimum absolute atomic E-state index is 0.0260. The number of nitrogens with zero attached hydrogens (tertiary/aromatic N) is 2. The molecule has 0 aliphatic heterocycles. The quantitative estimate of drug-likeness (QED) is 0.568. The molecule has 6 heteroatoms. The van der Waals surface area contributed by atoms with Gasteiger partial charge in [0.15, 0.2) is 5.96 Å². The molecule has 1 rings (SSSR count). The topological polar surface area (TPSA) is 48.9 Å². The van der Waals surface area contributed by atoms with Gasteiger partial charge in [0.05, 0.1) is 6.54 Å². The average Bonchev–Trinajstić information content (AvgIpc) is 2.52. The molecular formula is C16H27ClN4O. The molecule has 1 aromatic carbocycles. The number of ether oxygens (including phenoxy) is 1. The summed E-state index contributed by atoms with van der Waals surface area (Å²) in [4.78, 5) is 6.45. The van der Waals surface area contributed by atoms with Crippen molar-refractivity contribution in [3.05, 3.63) is 29.3 Å². The highest BCUT2D eigenvalue weighted by molar-refractivity contribution is 6.30. The van der Waals surface area contributed by atoms with Gasteiger partial charge < -0.3 is 20.3 Å². The van der Waals surface area contributed by atoms with Crippen LogP contribution in [-0.4, -0.2) is 57.2 Å². The van der Waals surface area contributed by atoms with E-state index in [4.69, 9.17) is 16.3 Å². The minimum Gasteiger partial charge on any atom is -0.489 e. The van der Waals surface area contributed by atoms with E-state index in [1.807, 2.05) is 31.2 Å². The molecule has 1 atom stereocenters. The minimum atomic E-state index is 0.0260. The van der Waals surface area contributed by atoms with Gasteiger partial charge in [-0.1, -0.05) is 18.5 Å². The van der Waals surface area contributed by atoms with Crippen LogP contribution in [0.5, 0.6) is 5.75 Å². The summed E-state index contributed by atoms with van der Waals surface area (Å²) in [5, 5.41) is 7.26. The molecular weight excluding hydrogens is 300 g/mol. The molecule has 0 aromatic heterocycles. The highest BCUT2D eigenvalue weighted by Gasteiger charge is 2.06. The molecule has 1 aromatic rings. The number of hydrogen-bond acceptors (Lipinski definition) is 3. The van der Waals surface area contributed by atoms with Crippen LogP contribution in [0.1, 0.15) is 13.8 Å². The van der Waals surface area contributed by atoms with Crippen molar-refractivity contribution < 1.29 is 4.74 Å². The smallest absolute Gasteiger partial charge is 0.191 e. The number of aliphatic imine (C=N–C) groups is 1. The molecule has 1 unspecified atom stereocenters. The molecule has 0 spiro atoms. The van der Waals surface area contributed by atoms with E-state index in [0.29, 0.717) is 11.6 Å². The Morgan fingerprint density at radius 3 is 2.59 bits per heavy atom. The first-order chi connectivity index (χ1) is 10.5. The third kappa shape index (κ3) is 7.52. The van der Waals surface area contributed by atoms with Crippen LogP contribution in [0.25, 0.3) is 0 Å². The van der Waals surface area contributed by atoms with Crippen molar-refractivity contribution in [3.63, 3.8) is 0 Å². The zero-order valence-electron chi connectivity index (χ0n) is 13.9. The molecule has 0 saturated carbocycles. The van der Waals surface area contributed by atoms with Crippen LogP contribution in [0.2, 0.25) is 5.02 Å². The predicted molar refractivity (Wildman–Crippen MR) is 94.1 cm³/mol. The van der Waals surface area contributed by atoms with E-state index in [1.165, 1.54) is 0 Å². The lowest BCUT2D eigenvalue weighted by Gasteiger charge is -2.19. The van der Waals surface area contributed by atoms with Gasteiger partial charge in [0.1, 0.15) is 11.9 Å². The molecule has 0 heterocycles. The van der Waals surface area contributed by atoms with Crippen molar-refractivity contribution >= 4 is 17.6 Å². The zero-order valence-corrected chi connectivity index (χ0v) is 14.7. The van der Waals surface area contributed by atoms with Crippen molar-refractivity contribution in [1.29, 1.82) is 0 Å². The monoisotopic (exact) mass is 326 g/mol. The Morgan fingerprint density at radius 2 is 2.00 bits per heavy atom. The van der Waals surface area contributed by atoms with Crippen molar-refractivity contribution in [1.82, 2.24) is 15.5 Å². The van der Waals surface area contributed by atoms with Gasteiger partial charge in [-0.3, -0.25) is 4.99 Å². The second-order valence-electron chi connectivity index (χ2n) is 5.16. The fourth-order valence-electron chi connectivity index (χ4n) is 1.77. The molecule has 0 aliphatic rings. The largest absolute Gasteiger partial charge is 0.489 e. The first-order valence-corrected chi connectivity index (χ1v) is 7.98. The molecule has 0 amide bonds. The summed E-state index contributed by atoms with van der Waals surface area (Å²) >= 11 is 5.86. The molecule has 0 aliphatic carbocycles. The molecule has 0 radical (unpaired) electrons. The van der Waals surface area contributed by atoms with Crippen LogP contribution in [-0.2, 0) is 0 Å². The Labute approximate surface area is 138 Å². The summed E-state index contributed by atoms with van der Waals surface area (Å²) in [6.07, 6.45) is 0.0260. The molecule has 2 N–H and O–H groups in total. The number of halogens is 1. The summed E-state index contributed by atoms with van der Waals surface area (Å²) < 4.78 is 5.81. The first kappa shape index (κ1) is 18.6. The van der Waals surface area contributed by atoms with Crippen LogP contribution in [0, 0.1) is 0 Å². The van der Waals surface area contributed by atoms with E-state index >= 15 is 0 Å². The highest BCUT2D eigenvalue weighted by Crippen LogP contribution is 2.16. The lowest BCUT2D eigenvalue weighted by Crippen LogP contribution is -2.44. The predicted octanol–water partition coefficient (Wildman–Crippen LogP) is 2.22. The summed E-state index contributed by atoms with van der Waals surface area (Å²) in [6, 6.07) is 7.38. The number of benzene rings is 1. The van der Waals surface area contributed by atoms with Crippen LogP contribution < -0.4 is 15.4 Å². The normalized spacial score (nSPS) is 13.1. The van der Waals surface area contributed by atoms with Gasteiger partial charge in [0.25, 0.3) is 0 Å². The van der Waals surface area contributed by atoms with Crippen molar-refractivity contribution in [3.8, 4) is 5.75 Å². The van der Waals surface area contributed by atoms with Gasteiger partial charge in [-0.25, -0.2) is 0 Å². The van der Waals surface area contributed by atoms with Crippen LogP contribution in [0.15, 0.2) is 29.3 Å². The Bertz CT molecular complexity index is 450. The molecule has 5 nitrogen and oxygen atoms in total. The maximum Gasteiger partial charge on any atom is 0.191 e. The SMILES string of the molecule is CCN(C)CCNC(=NC)NCC(C)Oc1ccc(Cl)cc1. The van der Waals surface area contributed by atoms with Gasteiger partial charge in [0.2, 0.25) is 0 Å². The van der Waals surface area contributed by atoms with Gasteiger partial charge in [0, 0.05) is 25.2 Å². The van der Waals surface area contributed by atoms with Gasteiger partial charge >= 0.3 is 0 Å². The van der Waals surface area contributed by atoms with Crippen LogP contribution >= 0.6 is 11.6 Å². The maximum absolute atomic E-state index is 5.86. The molecule has 22 heavy (non-hydrogen) atoms. The number of rotatable bonds is 8. The van der Waals surface area contributed by atoms with Crippen LogP contribution in [0.3, 0.4) is 0 Å². The summed E-state index contributed by atoms with van der Waals surface area (Å²) in [6.45, 7) is 7.71. The van der Waals surface area contributed by atoms with E-state index in [9.17, 15) is 0 Å². The van der Waals surface area contributed by atoms with Crippen LogP contribution in [0.4, 0.5) is 0 Å². The third-order valence-corrected chi connectivity index (χ3v) is 3.51.